The Balaban J connectivity index is 1.00. The van der Waals surface area contributed by atoms with Gasteiger partial charge in [-0.1, -0.05) is 135 Å². The smallest absolute Gasteiger partial charge is 0.0541 e. The molecule has 2 heterocycles. The van der Waals surface area contributed by atoms with Crippen LogP contribution in [0, 0.1) is 0 Å². The predicted octanol–water partition coefficient (Wildman–Crippen LogP) is 12.6. The van der Waals surface area contributed by atoms with Crippen LogP contribution in [-0.4, -0.2) is 9.55 Å². The number of benzene rings is 7. The van der Waals surface area contributed by atoms with E-state index in [0.29, 0.717) is 0 Å². The second-order valence-electron chi connectivity index (χ2n) is 14.1. The largest absolute Gasteiger partial charge is 0.309 e. The van der Waals surface area contributed by atoms with E-state index in [4.69, 9.17) is 0 Å². The molecule has 0 atom stereocenters. The molecule has 0 saturated heterocycles. The van der Waals surface area contributed by atoms with Crippen molar-refractivity contribution in [2.24, 2.45) is 0 Å². The Morgan fingerprint density at radius 1 is 0.420 bits per heavy atom. The van der Waals surface area contributed by atoms with Crippen LogP contribution >= 0.6 is 0 Å². The van der Waals surface area contributed by atoms with E-state index in [1.807, 2.05) is 12.4 Å². The van der Waals surface area contributed by atoms with Gasteiger partial charge in [-0.2, -0.15) is 0 Å². The second-order valence-corrected chi connectivity index (χ2v) is 14.1. The van der Waals surface area contributed by atoms with Gasteiger partial charge in [0.15, 0.2) is 0 Å². The highest BCUT2D eigenvalue weighted by Gasteiger charge is 2.36. The van der Waals surface area contributed by atoms with E-state index in [0.717, 1.165) is 10.9 Å². The normalized spacial score (nSPS) is 13.2. The first-order valence-corrected chi connectivity index (χ1v) is 17.4. The van der Waals surface area contributed by atoms with Gasteiger partial charge in [0.1, 0.15) is 0 Å². The van der Waals surface area contributed by atoms with Crippen molar-refractivity contribution in [1.82, 2.24) is 9.55 Å². The fourth-order valence-corrected chi connectivity index (χ4v) is 8.31. The molecule has 0 saturated carbocycles. The van der Waals surface area contributed by atoms with Crippen LogP contribution in [0.25, 0.3) is 82.8 Å². The first-order chi connectivity index (χ1) is 24.5. The molecule has 0 radical (unpaired) electrons. The van der Waals surface area contributed by atoms with E-state index in [9.17, 15) is 0 Å². The maximum absolute atomic E-state index is 4.51. The molecule has 0 aliphatic heterocycles. The van der Waals surface area contributed by atoms with E-state index in [2.05, 4.69) is 181 Å². The summed E-state index contributed by atoms with van der Waals surface area (Å²) >= 11 is 0. The minimum atomic E-state index is -0.129. The molecule has 0 amide bonds. The number of nitrogens with zero attached hydrogens (tertiary/aromatic N) is 2. The number of aromatic nitrogens is 2. The number of rotatable bonds is 4. The van der Waals surface area contributed by atoms with Gasteiger partial charge in [0, 0.05) is 45.2 Å². The molecule has 10 rings (SSSR count). The van der Waals surface area contributed by atoms with Crippen molar-refractivity contribution < 1.29 is 0 Å². The van der Waals surface area contributed by atoms with Crippen molar-refractivity contribution in [3.8, 4) is 50.2 Å². The first-order valence-electron chi connectivity index (χ1n) is 17.4. The van der Waals surface area contributed by atoms with E-state index in [1.54, 1.807) is 0 Å². The molecule has 0 unspecified atom stereocenters. The lowest BCUT2D eigenvalue weighted by molar-refractivity contribution is 0.661. The van der Waals surface area contributed by atoms with Gasteiger partial charge < -0.3 is 4.57 Å². The lowest BCUT2D eigenvalue weighted by Gasteiger charge is -2.23. The van der Waals surface area contributed by atoms with Gasteiger partial charge in [-0.15, -0.1) is 0 Å². The number of hydrogen-bond donors (Lipinski definition) is 0. The van der Waals surface area contributed by atoms with E-state index >= 15 is 0 Å². The highest BCUT2D eigenvalue weighted by atomic mass is 15.0. The second kappa shape index (κ2) is 10.9. The third kappa shape index (κ3) is 4.32. The van der Waals surface area contributed by atoms with Gasteiger partial charge in [-0.3, -0.25) is 4.98 Å². The molecule has 0 fully saturated rings. The van der Waals surface area contributed by atoms with Crippen molar-refractivity contribution in [3.05, 3.63) is 181 Å². The van der Waals surface area contributed by atoms with Crippen molar-refractivity contribution in [3.63, 3.8) is 0 Å². The van der Waals surface area contributed by atoms with Crippen LogP contribution in [0.2, 0.25) is 0 Å². The Kier molecular flexibility index (Phi) is 6.25. The van der Waals surface area contributed by atoms with Crippen LogP contribution in [0.15, 0.2) is 170 Å². The van der Waals surface area contributed by atoms with E-state index in [-0.39, 0.29) is 5.41 Å². The molecule has 0 spiro atoms. The molecule has 0 N–H and O–H groups in total. The topological polar surface area (TPSA) is 17.8 Å². The minimum absolute atomic E-state index is 0.129. The number of para-hydroxylation sites is 2. The van der Waals surface area contributed by atoms with Gasteiger partial charge in [0.25, 0.3) is 0 Å². The predicted molar refractivity (Wildman–Crippen MR) is 210 cm³/mol. The molecule has 1 aliphatic carbocycles. The number of hydrogen-bond acceptors (Lipinski definition) is 1. The average molecular weight is 639 g/mol. The van der Waals surface area contributed by atoms with E-state index < -0.39 is 0 Å². The Morgan fingerprint density at radius 3 is 1.64 bits per heavy atom. The summed E-state index contributed by atoms with van der Waals surface area (Å²) in [7, 11) is 0. The summed E-state index contributed by atoms with van der Waals surface area (Å²) in [6.45, 7) is 4.74. The fourth-order valence-electron chi connectivity index (χ4n) is 8.31. The Morgan fingerprint density at radius 2 is 0.960 bits per heavy atom. The average Bonchev–Trinajstić information content (AvgIpc) is 3.63. The minimum Gasteiger partial charge on any atom is -0.309 e. The van der Waals surface area contributed by atoms with Crippen LogP contribution in [-0.2, 0) is 5.41 Å². The molecule has 9 aromatic rings. The van der Waals surface area contributed by atoms with Crippen molar-refractivity contribution in [2.75, 3.05) is 0 Å². The zero-order valence-electron chi connectivity index (χ0n) is 28.1. The van der Waals surface area contributed by atoms with Gasteiger partial charge >= 0.3 is 0 Å². The van der Waals surface area contributed by atoms with Gasteiger partial charge in [-0.05, 0) is 91.9 Å². The summed E-state index contributed by atoms with van der Waals surface area (Å²) in [5, 5.41) is 4.95. The van der Waals surface area contributed by atoms with Gasteiger partial charge in [-0.25, -0.2) is 0 Å². The molecule has 7 aromatic carbocycles. The zero-order chi connectivity index (χ0) is 33.4. The molecule has 2 aromatic heterocycles. The monoisotopic (exact) mass is 638 g/mol. The Bertz CT molecular complexity index is 2720. The zero-order valence-corrected chi connectivity index (χ0v) is 28.1. The summed E-state index contributed by atoms with van der Waals surface area (Å²) in [6, 6.07) is 57.9. The summed E-state index contributed by atoms with van der Waals surface area (Å²) in [6.07, 6.45) is 3.91. The third-order valence-electron chi connectivity index (χ3n) is 10.9. The van der Waals surface area contributed by atoms with Gasteiger partial charge in [0.05, 0.1) is 11.0 Å². The quantitative estimate of drug-likeness (QED) is 0.188. The maximum Gasteiger partial charge on any atom is 0.0541 e. The molecule has 50 heavy (non-hydrogen) atoms. The molecule has 1 aliphatic rings. The molecule has 0 bridgehead atoms. The van der Waals surface area contributed by atoms with Crippen LogP contribution in [0.3, 0.4) is 0 Å². The fraction of sp³-hybridized carbons (Fsp3) is 0.0625. The third-order valence-corrected chi connectivity index (χ3v) is 10.9. The summed E-state index contributed by atoms with van der Waals surface area (Å²) in [4.78, 5) is 4.51. The summed E-state index contributed by atoms with van der Waals surface area (Å²) in [5.74, 6) is 0. The number of pyridine rings is 1. The SMILES string of the molecule is CC1(C)c2cc(-c3ccc(-c4cncc5ccccc45)cc3)ccc2-c2ccc(-c3cccc(-n4c5ccccc5c5ccccc54)c3)cc21. The lowest BCUT2D eigenvalue weighted by atomic mass is 9.81. The summed E-state index contributed by atoms with van der Waals surface area (Å²) in [5.41, 5.74) is 16.2. The van der Waals surface area contributed by atoms with Crippen molar-refractivity contribution >= 4 is 32.6 Å². The molecular formula is C48H34N2. The lowest BCUT2D eigenvalue weighted by Crippen LogP contribution is -2.15. The summed E-state index contributed by atoms with van der Waals surface area (Å²) < 4.78 is 2.40. The van der Waals surface area contributed by atoms with Crippen LogP contribution in [0.1, 0.15) is 25.0 Å². The molecule has 2 heteroatoms. The van der Waals surface area contributed by atoms with Crippen LogP contribution < -0.4 is 0 Å². The number of fused-ring (bicyclic) bond motifs is 7. The molecule has 236 valence electrons. The highest BCUT2D eigenvalue weighted by molar-refractivity contribution is 6.09. The Hall–Kier alpha value is -6.25. The van der Waals surface area contributed by atoms with Crippen LogP contribution in [0.4, 0.5) is 0 Å². The van der Waals surface area contributed by atoms with Crippen molar-refractivity contribution in [1.29, 1.82) is 0 Å². The highest BCUT2D eigenvalue weighted by Crippen LogP contribution is 2.51. The molecule has 2 nitrogen and oxygen atoms in total. The standard InChI is InChI=1S/C48H34N2/c1-48(2)44-27-34(31-18-20-32(21-19-31)43-30-49-29-36-10-3-4-13-38(36)43)22-24-39(44)40-25-23-35(28-45(40)48)33-11-9-12-37(26-33)50-46-16-7-5-14-41(46)42-15-6-8-17-47(42)50/h3-30H,1-2H3. The van der Waals surface area contributed by atoms with Crippen molar-refractivity contribution in [2.45, 2.75) is 19.3 Å². The molecular weight excluding hydrogens is 605 g/mol. The Labute approximate surface area is 291 Å². The van der Waals surface area contributed by atoms with Gasteiger partial charge in [0.2, 0.25) is 0 Å². The maximum atomic E-state index is 4.51. The van der Waals surface area contributed by atoms with Crippen LogP contribution in [0.5, 0.6) is 0 Å². The first kappa shape index (κ1) is 28.7. The van der Waals surface area contributed by atoms with E-state index in [1.165, 1.54) is 83.0 Å².